The van der Waals surface area contributed by atoms with Crippen LogP contribution in [0.4, 0.5) is 0 Å². The fraction of sp³-hybridized carbons (Fsp3) is 0.353. The van der Waals surface area contributed by atoms with Crippen molar-refractivity contribution < 1.29 is 9.90 Å². The molecule has 0 saturated heterocycles. The smallest absolute Gasteiger partial charge is 0.255 e. The molecule has 0 aliphatic heterocycles. The number of rotatable bonds is 2. The lowest BCUT2D eigenvalue weighted by Crippen LogP contribution is -2.36. The Balaban J connectivity index is 1.89. The topological polar surface area (TPSA) is 49.3 Å². The highest BCUT2D eigenvalue weighted by Gasteiger charge is 2.26. The third-order valence-electron chi connectivity index (χ3n) is 4.32. The quantitative estimate of drug-likeness (QED) is 0.877. The average molecular weight is 269 g/mol. The van der Waals surface area contributed by atoms with Crippen LogP contribution in [0.1, 0.15) is 36.5 Å². The van der Waals surface area contributed by atoms with E-state index in [1.54, 1.807) is 6.07 Å². The molecule has 0 bridgehead atoms. The minimum atomic E-state index is -0.174. The van der Waals surface area contributed by atoms with Gasteiger partial charge >= 0.3 is 0 Å². The van der Waals surface area contributed by atoms with E-state index < -0.39 is 0 Å². The van der Waals surface area contributed by atoms with E-state index in [2.05, 4.69) is 12.2 Å². The molecule has 3 nitrogen and oxygen atoms in total. The van der Waals surface area contributed by atoms with Crippen LogP contribution in [0.25, 0.3) is 10.8 Å². The standard InChI is InChI=1S/C17H19NO2/c1-11-5-4-8-15(11)18-17(20)14-10-9-12-6-2-3-7-13(12)16(14)19/h2-3,6-7,9-11,15,19H,4-5,8H2,1H3,(H,18,20). The summed E-state index contributed by atoms with van der Waals surface area (Å²) in [5.41, 5.74) is 0.364. The maximum absolute atomic E-state index is 12.3. The third-order valence-corrected chi connectivity index (χ3v) is 4.32. The highest BCUT2D eigenvalue weighted by molar-refractivity contribution is 6.03. The number of hydrogen-bond donors (Lipinski definition) is 2. The molecule has 1 fully saturated rings. The summed E-state index contributed by atoms with van der Waals surface area (Å²) in [7, 11) is 0. The lowest BCUT2D eigenvalue weighted by molar-refractivity contribution is 0.0927. The number of phenols is 1. The molecule has 0 radical (unpaired) electrons. The summed E-state index contributed by atoms with van der Waals surface area (Å²) in [6.45, 7) is 2.16. The van der Waals surface area contributed by atoms with Gasteiger partial charge in [0.15, 0.2) is 0 Å². The summed E-state index contributed by atoms with van der Waals surface area (Å²) in [6, 6.07) is 11.3. The summed E-state index contributed by atoms with van der Waals surface area (Å²) in [5.74, 6) is 0.416. The number of hydrogen-bond acceptors (Lipinski definition) is 2. The van der Waals surface area contributed by atoms with E-state index in [9.17, 15) is 9.90 Å². The first-order valence-corrected chi connectivity index (χ1v) is 7.18. The summed E-state index contributed by atoms with van der Waals surface area (Å²) >= 11 is 0. The maximum Gasteiger partial charge on any atom is 0.255 e. The largest absolute Gasteiger partial charge is 0.506 e. The van der Waals surface area contributed by atoms with Crippen LogP contribution in [0.3, 0.4) is 0 Å². The van der Waals surface area contributed by atoms with Crippen molar-refractivity contribution >= 4 is 16.7 Å². The zero-order valence-corrected chi connectivity index (χ0v) is 11.6. The van der Waals surface area contributed by atoms with Gasteiger partial charge in [-0.15, -0.1) is 0 Å². The van der Waals surface area contributed by atoms with Crippen LogP contribution in [0.5, 0.6) is 5.75 Å². The fourth-order valence-electron chi connectivity index (χ4n) is 3.04. The first kappa shape index (κ1) is 13.0. The number of carbonyl (C=O) groups is 1. The summed E-state index contributed by atoms with van der Waals surface area (Å²) in [4.78, 5) is 12.3. The molecule has 0 spiro atoms. The molecule has 2 atom stereocenters. The Morgan fingerprint density at radius 2 is 2.00 bits per heavy atom. The van der Waals surface area contributed by atoms with Crippen LogP contribution in [0, 0.1) is 5.92 Å². The van der Waals surface area contributed by atoms with Gasteiger partial charge in [0.25, 0.3) is 5.91 Å². The van der Waals surface area contributed by atoms with E-state index >= 15 is 0 Å². The SMILES string of the molecule is CC1CCCC1NC(=O)c1ccc2ccccc2c1O. The molecule has 20 heavy (non-hydrogen) atoms. The number of fused-ring (bicyclic) bond motifs is 1. The van der Waals surface area contributed by atoms with Gasteiger partial charge in [-0.1, -0.05) is 43.7 Å². The Morgan fingerprint density at radius 1 is 1.20 bits per heavy atom. The monoisotopic (exact) mass is 269 g/mol. The second-order valence-electron chi connectivity index (χ2n) is 5.67. The Morgan fingerprint density at radius 3 is 2.75 bits per heavy atom. The molecule has 1 amide bonds. The van der Waals surface area contributed by atoms with E-state index in [4.69, 9.17) is 0 Å². The van der Waals surface area contributed by atoms with Crippen LogP contribution in [0.15, 0.2) is 36.4 Å². The van der Waals surface area contributed by atoms with Crippen molar-refractivity contribution in [1.82, 2.24) is 5.32 Å². The van der Waals surface area contributed by atoms with Gasteiger partial charge in [-0.2, -0.15) is 0 Å². The molecular weight excluding hydrogens is 250 g/mol. The number of nitrogens with one attached hydrogen (secondary N) is 1. The molecule has 0 aromatic heterocycles. The van der Waals surface area contributed by atoms with Crippen molar-refractivity contribution in [2.24, 2.45) is 5.92 Å². The van der Waals surface area contributed by atoms with Gasteiger partial charge in [-0.25, -0.2) is 0 Å². The predicted octanol–water partition coefficient (Wildman–Crippen LogP) is 3.46. The lowest BCUT2D eigenvalue weighted by atomic mass is 10.0. The van der Waals surface area contributed by atoms with Gasteiger partial charge in [0, 0.05) is 11.4 Å². The molecule has 2 N–H and O–H groups in total. The minimum absolute atomic E-state index is 0.0752. The predicted molar refractivity (Wildman–Crippen MR) is 79.9 cm³/mol. The van der Waals surface area contributed by atoms with Crippen molar-refractivity contribution in [3.8, 4) is 5.75 Å². The van der Waals surface area contributed by atoms with Gasteiger partial charge in [-0.05, 0) is 30.2 Å². The van der Waals surface area contributed by atoms with E-state index in [-0.39, 0.29) is 17.7 Å². The Labute approximate surface area is 118 Å². The van der Waals surface area contributed by atoms with Gasteiger partial charge in [-0.3, -0.25) is 4.79 Å². The third kappa shape index (κ3) is 2.24. The fourth-order valence-corrected chi connectivity index (χ4v) is 3.04. The highest BCUT2D eigenvalue weighted by atomic mass is 16.3. The Hall–Kier alpha value is -2.03. The van der Waals surface area contributed by atoms with Crippen molar-refractivity contribution in [2.45, 2.75) is 32.2 Å². The Kier molecular flexibility index (Phi) is 3.35. The number of amides is 1. The maximum atomic E-state index is 12.3. The number of phenolic OH excluding ortho intramolecular Hbond substituents is 1. The van der Waals surface area contributed by atoms with Crippen LogP contribution in [-0.2, 0) is 0 Å². The summed E-state index contributed by atoms with van der Waals surface area (Å²) in [5, 5.41) is 15.0. The molecule has 1 aliphatic rings. The zero-order chi connectivity index (χ0) is 14.1. The molecular formula is C17H19NO2. The van der Waals surface area contributed by atoms with Gasteiger partial charge in [0.05, 0.1) is 5.56 Å². The first-order chi connectivity index (χ1) is 9.66. The van der Waals surface area contributed by atoms with Crippen molar-refractivity contribution in [3.05, 3.63) is 42.0 Å². The summed E-state index contributed by atoms with van der Waals surface area (Å²) < 4.78 is 0. The lowest BCUT2D eigenvalue weighted by Gasteiger charge is -2.18. The molecule has 2 aromatic carbocycles. The first-order valence-electron chi connectivity index (χ1n) is 7.18. The molecule has 1 saturated carbocycles. The molecule has 3 rings (SSSR count). The molecule has 104 valence electrons. The van der Waals surface area contributed by atoms with Crippen molar-refractivity contribution in [2.75, 3.05) is 0 Å². The van der Waals surface area contributed by atoms with Crippen molar-refractivity contribution in [1.29, 1.82) is 0 Å². The van der Waals surface area contributed by atoms with E-state index in [1.165, 1.54) is 0 Å². The molecule has 2 aromatic rings. The van der Waals surface area contributed by atoms with Crippen molar-refractivity contribution in [3.63, 3.8) is 0 Å². The molecule has 1 aliphatic carbocycles. The number of aromatic hydroxyl groups is 1. The molecule has 3 heteroatoms. The van der Waals surface area contributed by atoms with E-state index in [0.717, 1.165) is 30.0 Å². The van der Waals surface area contributed by atoms with Gasteiger partial charge in [0.1, 0.15) is 5.75 Å². The van der Waals surface area contributed by atoms with Gasteiger partial charge in [0.2, 0.25) is 0 Å². The Bertz CT molecular complexity index is 650. The molecule has 0 heterocycles. The summed E-state index contributed by atoms with van der Waals surface area (Å²) in [6.07, 6.45) is 3.35. The van der Waals surface area contributed by atoms with Crippen LogP contribution >= 0.6 is 0 Å². The molecule has 2 unspecified atom stereocenters. The minimum Gasteiger partial charge on any atom is -0.506 e. The van der Waals surface area contributed by atoms with Crippen LogP contribution < -0.4 is 5.32 Å². The normalized spacial score (nSPS) is 22.1. The second-order valence-corrected chi connectivity index (χ2v) is 5.67. The van der Waals surface area contributed by atoms with Crippen LogP contribution in [-0.4, -0.2) is 17.1 Å². The number of carbonyl (C=O) groups excluding carboxylic acids is 1. The van der Waals surface area contributed by atoms with Crippen LogP contribution in [0.2, 0.25) is 0 Å². The van der Waals surface area contributed by atoms with Gasteiger partial charge < -0.3 is 10.4 Å². The highest BCUT2D eigenvalue weighted by Crippen LogP contribution is 2.30. The average Bonchev–Trinajstić information content (AvgIpc) is 2.85. The zero-order valence-electron chi connectivity index (χ0n) is 11.6. The van der Waals surface area contributed by atoms with E-state index in [1.807, 2.05) is 30.3 Å². The van der Waals surface area contributed by atoms with E-state index in [0.29, 0.717) is 11.5 Å². The number of benzene rings is 2. The second kappa shape index (κ2) is 5.16.